The number of pyridine rings is 1. The molecule has 1 aromatic heterocycles. The maximum absolute atomic E-state index is 12.9. The van der Waals surface area contributed by atoms with Gasteiger partial charge in [-0.3, -0.25) is 0 Å². The first kappa shape index (κ1) is 22.5. The molecule has 2 aliphatic rings. The third-order valence-electron chi connectivity index (χ3n) is 5.28. The fraction of sp³-hybridized carbons (Fsp3) is 0.429. The molecule has 11 heteroatoms. The van der Waals surface area contributed by atoms with Crippen molar-refractivity contribution in [2.24, 2.45) is 5.16 Å². The molecule has 0 atom stereocenters. The summed E-state index contributed by atoms with van der Waals surface area (Å²) in [4.78, 5) is 9.55. The number of sulfonamides is 1. The minimum absolute atomic E-state index is 0.0949. The number of piperidine rings is 1. The summed E-state index contributed by atoms with van der Waals surface area (Å²) < 4.78 is 65.4. The first-order valence-electron chi connectivity index (χ1n) is 10.3. The van der Waals surface area contributed by atoms with Crippen LogP contribution in [0.5, 0.6) is 0 Å². The van der Waals surface area contributed by atoms with Crippen molar-refractivity contribution in [2.75, 3.05) is 18.4 Å². The number of rotatable bonds is 7. The number of anilines is 1. The Morgan fingerprint density at radius 2 is 1.91 bits per heavy atom. The van der Waals surface area contributed by atoms with E-state index in [1.165, 1.54) is 22.6 Å². The lowest BCUT2D eigenvalue weighted by Gasteiger charge is -2.26. The molecule has 172 valence electrons. The molecule has 0 radical (unpaired) electrons. The molecule has 0 spiro atoms. The van der Waals surface area contributed by atoms with E-state index >= 15 is 0 Å². The van der Waals surface area contributed by atoms with Crippen molar-refractivity contribution in [2.45, 2.75) is 49.4 Å². The lowest BCUT2D eigenvalue weighted by molar-refractivity contribution is -0.137. The molecule has 2 fully saturated rings. The summed E-state index contributed by atoms with van der Waals surface area (Å²) in [6.45, 7) is 0.397. The number of halogens is 3. The van der Waals surface area contributed by atoms with Crippen molar-refractivity contribution in [3.63, 3.8) is 0 Å². The van der Waals surface area contributed by atoms with Gasteiger partial charge >= 0.3 is 6.18 Å². The maximum atomic E-state index is 12.9. The average molecular weight is 469 g/mol. The Labute approximate surface area is 184 Å². The van der Waals surface area contributed by atoms with Crippen LogP contribution in [-0.4, -0.2) is 42.6 Å². The monoisotopic (exact) mass is 468 g/mol. The third kappa shape index (κ3) is 5.57. The SMILES string of the molecule is O=S(=O)(c1ccc(NC2CC2)nc1)N1CCC(=NOCc2cccc(C(F)(F)F)c2)CC1. The lowest BCUT2D eigenvalue weighted by atomic mass is 10.1. The van der Waals surface area contributed by atoms with Gasteiger partial charge in [0.25, 0.3) is 0 Å². The zero-order valence-electron chi connectivity index (χ0n) is 17.2. The van der Waals surface area contributed by atoms with E-state index in [1.807, 2.05) is 0 Å². The van der Waals surface area contributed by atoms with Crippen molar-refractivity contribution < 1.29 is 26.4 Å². The molecule has 4 rings (SSSR count). The summed E-state index contributed by atoms with van der Waals surface area (Å²) in [6.07, 6.45) is -0.0785. The zero-order chi connectivity index (χ0) is 22.8. The van der Waals surface area contributed by atoms with Gasteiger partial charge in [0.15, 0.2) is 0 Å². The van der Waals surface area contributed by atoms with Gasteiger partial charge in [-0.1, -0.05) is 17.3 Å². The Kier molecular flexibility index (Phi) is 6.38. The number of nitrogens with one attached hydrogen (secondary N) is 1. The predicted molar refractivity (Wildman–Crippen MR) is 113 cm³/mol. The van der Waals surface area contributed by atoms with Crippen molar-refractivity contribution in [3.05, 3.63) is 53.7 Å². The van der Waals surface area contributed by atoms with E-state index in [4.69, 9.17) is 4.84 Å². The number of benzene rings is 1. The lowest BCUT2D eigenvalue weighted by Crippen LogP contribution is -2.38. The molecule has 7 nitrogen and oxygen atoms in total. The van der Waals surface area contributed by atoms with E-state index in [1.54, 1.807) is 12.1 Å². The van der Waals surface area contributed by atoms with Gasteiger partial charge in [0.1, 0.15) is 17.3 Å². The van der Waals surface area contributed by atoms with Crippen molar-refractivity contribution in [1.29, 1.82) is 0 Å². The van der Waals surface area contributed by atoms with Gasteiger partial charge in [-0.15, -0.1) is 0 Å². The number of aromatic nitrogens is 1. The van der Waals surface area contributed by atoms with Crippen LogP contribution in [-0.2, 0) is 27.6 Å². The van der Waals surface area contributed by atoms with Crippen molar-refractivity contribution in [1.82, 2.24) is 9.29 Å². The van der Waals surface area contributed by atoms with Crippen LogP contribution in [0.25, 0.3) is 0 Å². The highest BCUT2D eigenvalue weighted by Crippen LogP contribution is 2.30. The van der Waals surface area contributed by atoms with E-state index in [0.717, 1.165) is 25.0 Å². The average Bonchev–Trinajstić information content (AvgIpc) is 3.58. The molecule has 0 unspecified atom stereocenters. The van der Waals surface area contributed by atoms with E-state index < -0.39 is 21.8 Å². The van der Waals surface area contributed by atoms with Crippen molar-refractivity contribution in [3.8, 4) is 0 Å². The van der Waals surface area contributed by atoms with Crippen LogP contribution in [0, 0.1) is 0 Å². The molecule has 0 bridgehead atoms. The molecular formula is C21H23F3N4O3S. The molecule has 1 saturated carbocycles. The summed E-state index contributed by atoms with van der Waals surface area (Å²) in [7, 11) is -3.66. The second kappa shape index (κ2) is 9.07. The van der Waals surface area contributed by atoms with Gasteiger partial charge < -0.3 is 10.2 Å². The molecule has 2 heterocycles. The topological polar surface area (TPSA) is 83.9 Å². The highest BCUT2D eigenvalue weighted by atomic mass is 32.2. The Morgan fingerprint density at radius 3 is 2.53 bits per heavy atom. The van der Waals surface area contributed by atoms with Gasteiger partial charge in [-0.05, 0) is 42.7 Å². The zero-order valence-corrected chi connectivity index (χ0v) is 18.0. The molecule has 32 heavy (non-hydrogen) atoms. The van der Waals surface area contributed by atoms with Crippen molar-refractivity contribution >= 4 is 21.6 Å². The highest BCUT2D eigenvalue weighted by molar-refractivity contribution is 7.89. The largest absolute Gasteiger partial charge is 0.416 e. The second-order valence-electron chi connectivity index (χ2n) is 7.83. The van der Waals surface area contributed by atoms with Crippen LogP contribution in [0.4, 0.5) is 19.0 Å². The van der Waals surface area contributed by atoms with Gasteiger partial charge in [-0.2, -0.15) is 17.5 Å². The number of alkyl halides is 3. The molecule has 1 aromatic carbocycles. The number of hydrogen-bond acceptors (Lipinski definition) is 6. The minimum Gasteiger partial charge on any atom is -0.391 e. The summed E-state index contributed by atoms with van der Waals surface area (Å²) >= 11 is 0. The maximum Gasteiger partial charge on any atom is 0.416 e. The normalized spacial score (nSPS) is 17.8. The van der Waals surface area contributed by atoms with Crippen LogP contribution >= 0.6 is 0 Å². The quantitative estimate of drug-likeness (QED) is 0.621. The van der Waals surface area contributed by atoms with Crippen LogP contribution in [0.2, 0.25) is 0 Å². The Morgan fingerprint density at radius 1 is 1.16 bits per heavy atom. The summed E-state index contributed by atoms with van der Waals surface area (Å²) in [5.41, 5.74) is 0.289. The fourth-order valence-corrected chi connectivity index (χ4v) is 4.70. The third-order valence-corrected chi connectivity index (χ3v) is 7.16. The Hall–Kier alpha value is -2.66. The van der Waals surface area contributed by atoms with Gasteiger partial charge in [0, 0.05) is 38.2 Å². The summed E-state index contributed by atoms with van der Waals surface area (Å²) in [6, 6.07) is 8.53. The molecule has 1 aliphatic heterocycles. The molecule has 1 aliphatic carbocycles. The van der Waals surface area contributed by atoms with Gasteiger partial charge in [0.05, 0.1) is 11.3 Å². The molecule has 0 amide bonds. The van der Waals surface area contributed by atoms with Crippen LogP contribution in [0.3, 0.4) is 0 Å². The van der Waals surface area contributed by atoms with Crippen LogP contribution in [0.1, 0.15) is 36.8 Å². The predicted octanol–water partition coefficient (Wildman–Crippen LogP) is 4.03. The first-order valence-corrected chi connectivity index (χ1v) is 11.7. The number of hydrogen-bond donors (Lipinski definition) is 1. The Bertz CT molecular complexity index is 1070. The number of oxime groups is 1. The molecule has 1 N–H and O–H groups in total. The summed E-state index contributed by atoms with van der Waals surface area (Å²) in [5, 5.41) is 7.21. The minimum atomic E-state index is -4.41. The highest BCUT2D eigenvalue weighted by Gasteiger charge is 2.31. The van der Waals surface area contributed by atoms with E-state index in [-0.39, 0.29) is 24.6 Å². The molecule has 1 saturated heterocycles. The second-order valence-corrected chi connectivity index (χ2v) is 9.77. The van der Waals surface area contributed by atoms with Crippen LogP contribution in [0.15, 0.2) is 52.6 Å². The van der Waals surface area contributed by atoms with Gasteiger partial charge in [0.2, 0.25) is 10.0 Å². The smallest absolute Gasteiger partial charge is 0.391 e. The molecule has 2 aromatic rings. The standard InChI is InChI=1S/C21H23F3N4O3S/c22-21(23,24)16-3-1-2-15(12-16)14-31-27-18-8-10-28(11-9-18)32(29,30)19-6-7-20(25-13-19)26-17-4-5-17/h1-3,6-7,12-13,17H,4-5,8-11,14H2,(H,25,26). The Balaban J connectivity index is 1.30. The van der Waals surface area contributed by atoms with E-state index in [0.29, 0.717) is 36.0 Å². The van der Waals surface area contributed by atoms with E-state index in [2.05, 4.69) is 15.5 Å². The van der Waals surface area contributed by atoms with Crippen LogP contribution < -0.4 is 5.32 Å². The molecular weight excluding hydrogens is 445 g/mol. The number of nitrogens with zero attached hydrogens (tertiary/aromatic N) is 3. The van der Waals surface area contributed by atoms with Gasteiger partial charge in [-0.25, -0.2) is 13.4 Å². The first-order chi connectivity index (χ1) is 15.2. The summed E-state index contributed by atoms with van der Waals surface area (Å²) in [5.74, 6) is 0.664. The fourth-order valence-electron chi connectivity index (χ4n) is 3.32. The van der Waals surface area contributed by atoms with E-state index in [9.17, 15) is 21.6 Å².